The number of halogens is 1. The van der Waals surface area contributed by atoms with E-state index in [0.29, 0.717) is 0 Å². The Hall–Kier alpha value is 0.250. The summed E-state index contributed by atoms with van der Waals surface area (Å²) in [5.41, 5.74) is 0. The van der Waals surface area contributed by atoms with Crippen LogP contribution in [-0.2, 0) is 0 Å². The molecule has 0 aromatic carbocycles. The van der Waals surface area contributed by atoms with Gasteiger partial charge in [0.05, 0.1) is 0 Å². The molecule has 2 atom stereocenters. The first-order valence-electron chi connectivity index (χ1n) is 4.17. The van der Waals surface area contributed by atoms with Gasteiger partial charge in [0.15, 0.2) is 0 Å². The SMILES string of the molecule is C1CNCC2CCC2C1.Cl. The van der Waals surface area contributed by atoms with Crippen molar-refractivity contribution in [3.05, 3.63) is 0 Å². The van der Waals surface area contributed by atoms with Crippen molar-refractivity contribution >= 4 is 12.4 Å². The van der Waals surface area contributed by atoms with E-state index in [-0.39, 0.29) is 12.4 Å². The fraction of sp³-hybridized carbons (Fsp3) is 1.00. The van der Waals surface area contributed by atoms with Gasteiger partial charge < -0.3 is 5.32 Å². The summed E-state index contributed by atoms with van der Waals surface area (Å²) in [6, 6.07) is 0. The number of hydrogen-bond acceptors (Lipinski definition) is 1. The number of fused-ring (bicyclic) bond motifs is 1. The van der Waals surface area contributed by atoms with Crippen LogP contribution in [0.25, 0.3) is 0 Å². The smallest absolute Gasteiger partial charge is 0.00179 e. The molecule has 60 valence electrons. The zero-order chi connectivity index (χ0) is 6.10. The standard InChI is InChI=1S/C8H15N.ClH/c1-2-7-3-4-8(7)6-9-5-1;/h7-9H,1-6H2;1H. The third-order valence-corrected chi connectivity index (χ3v) is 2.91. The van der Waals surface area contributed by atoms with E-state index in [0.717, 1.165) is 11.8 Å². The summed E-state index contributed by atoms with van der Waals surface area (Å²) in [5.74, 6) is 2.17. The van der Waals surface area contributed by atoms with Crippen LogP contribution in [0.15, 0.2) is 0 Å². The first kappa shape index (κ1) is 8.35. The van der Waals surface area contributed by atoms with E-state index >= 15 is 0 Å². The van der Waals surface area contributed by atoms with Crippen molar-refractivity contribution in [2.24, 2.45) is 11.8 Å². The van der Waals surface area contributed by atoms with Gasteiger partial charge in [0.1, 0.15) is 0 Å². The van der Waals surface area contributed by atoms with Gasteiger partial charge in [-0.05, 0) is 50.6 Å². The van der Waals surface area contributed by atoms with E-state index < -0.39 is 0 Å². The first-order chi connectivity index (χ1) is 4.47. The summed E-state index contributed by atoms with van der Waals surface area (Å²) in [6.45, 7) is 2.58. The van der Waals surface area contributed by atoms with Crippen molar-refractivity contribution in [1.82, 2.24) is 5.32 Å². The Kier molecular flexibility index (Phi) is 2.99. The Morgan fingerprint density at radius 3 is 2.50 bits per heavy atom. The first-order valence-corrected chi connectivity index (χ1v) is 4.17. The molecule has 0 bridgehead atoms. The zero-order valence-electron chi connectivity index (χ0n) is 6.31. The molecule has 1 saturated carbocycles. The van der Waals surface area contributed by atoms with Crippen molar-refractivity contribution in [2.45, 2.75) is 25.7 Å². The van der Waals surface area contributed by atoms with Gasteiger partial charge in [0.2, 0.25) is 0 Å². The highest BCUT2D eigenvalue weighted by molar-refractivity contribution is 5.85. The fourth-order valence-corrected chi connectivity index (χ4v) is 2.06. The molecule has 0 aromatic rings. The van der Waals surface area contributed by atoms with E-state index in [1.807, 2.05) is 0 Å². The Labute approximate surface area is 69.0 Å². The second-order valence-electron chi connectivity index (χ2n) is 3.44. The van der Waals surface area contributed by atoms with Crippen LogP contribution in [0.4, 0.5) is 0 Å². The molecule has 0 spiro atoms. The van der Waals surface area contributed by atoms with Crippen LogP contribution in [0.3, 0.4) is 0 Å². The molecular weight excluding hydrogens is 146 g/mol. The molecule has 2 rings (SSSR count). The number of rotatable bonds is 0. The van der Waals surface area contributed by atoms with Gasteiger partial charge in [0.25, 0.3) is 0 Å². The van der Waals surface area contributed by atoms with Crippen molar-refractivity contribution in [1.29, 1.82) is 0 Å². The lowest BCUT2D eigenvalue weighted by Gasteiger charge is -2.34. The van der Waals surface area contributed by atoms with Crippen molar-refractivity contribution < 1.29 is 0 Å². The van der Waals surface area contributed by atoms with E-state index in [1.54, 1.807) is 0 Å². The molecule has 2 heteroatoms. The Morgan fingerprint density at radius 1 is 1.00 bits per heavy atom. The van der Waals surface area contributed by atoms with Crippen LogP contribution in [0.5, 0.6) is 0 Å². The Bertz CT molecular complexity index is 93.4. The zero-order valence-corrected chi connectivity index (χ0v) is 7.12. The summed E-state index contributed by atoms with van der Waals surface area (Å²) in [5, 5.41) is 3.48. The fourth-order valence-electron chi connectivity index (χ4n) is 2.06. The molecule has 2 aliphatic rings. The number of nitrogens with one attached hydrogen (secondary N) is 1. The molecule has 10 heavy (non-hydrogen) atoms. The quantitative estimate of drug-likeness (QED) is 0.572. The van der Waals surface area contributed by atoms with Gasteiger partial charge in [-0.3, -0.25) is 0 Å². The normalized spacial score (nSPS) is 38.4. The third-order valence-electron chi connectivity index (χ3n) is 2.91. The monoisotopic (exact) mass is 161 g/mol. The summed E-state index contributed by atoms with van der Waals surface area (Å²) < 4.78 is 0. The minimum Gasteiger partial charge on any atom is -0.316 e. The second kappa shape index (κ2) is 3.59. The van der Waals surface area contributed by atoms with Gasteiger partial charge in [-0.1, -0.05) is 0 Å². The highest BCUT2D eigenvalue weighted by Gasteiger charge is 2.30. The van der Waals surface area contributed by atoms with Crippen molar-refractivity contribution in [3.63, 3.8) is 0 Å². The molecule has 1 saturated heterocycles. The minimum atomic E-state index is 0. The van der Waals surface area contributed by atoms with Crippen LogP contribution < -0.4 is 5.32 Å². The van der Waals surface area contributed by atoms with Crippen LogP contribution in [0.2, 0.25) is 0 Å². The average molecular weight is 162 g/mol. The van der Waals surface area contributed by atoms with Crippen LogP contribution in [0, 0.1) is 11.8 Å². The molecule has 1 heterocycles. The topological polar surface area (TPSA) is 12.0 Å². The Morgan fingerprint density at radius 2 is 1.80 bits per heavy atom. The summed E-state index contributed by atoms with van der Waals surface area (Å²) in [6.07, 6.45) is 5.93. The van der Waals surface area contributed by atoms with Gasteiger partial charge in [0, 0.05) is 0 Å². The van der Waals surface area contributed by atoms with Crippen molar-refractivity contribution in [3.8, 4) is 0 Å². The molecule has 2 fully saturated rings. The highest BCUT2D eigenvalue weighted by atomic mass is 35.5. The van der Waals surface area contributed by atoms with Gasteiger partial charge >= 0.3 is 0 Å². The van der Waals surface area contributed by atoms with E-state index in [9.17, 15) is 0 Å². The van der Waals surface area contributed by atoms with Crippen molar-refractivity contribution in [2.75, 3.05) is 13.1 Å². The minimum absolute atomic E-state index is 0. The maximum atomic E-state index is 3.48. The number of hydrogen-bond donors (Lipinski definition) is 1. The lowest BCUT2D eigenvalue weighted by molar-refractivity contribution is 0.177. The van der Waals surface area contributed by atoms with Crippen LogP contribution in [0.1, 0.15) is 25.7 Å². The lowest BCUT2D eigenvalue weighted by atomic mass is 9.72. The predicted octanol–water partition coefficient (Wildman–Crippen LogP) is 1.82. The predicted molar refractivity (Wildman–Crippen MR) is 45.6 cm³/mol. The molecule has 2 unspecified atom stereocenters. The third kappa shape index (κ3) is 1.46. The average Bonchev–Trinajstić information content (AvgIpc) is 1.94. The van der Waals surface area contributed by atoms with Crippen LogP contribution >= 0.6 is 12.4 Å². The van der Waals surface area contributed by atoms with Gasteiger partial charge in [-0.25, -0.2) is 0 Å². The molecular formula is C8H16ClN. The lowest BCUT2D eigenvalue weighted by Crippen LogP contribution is -2.31. The molecule has 1 aliphatic carbocycles. The molecule has 0 amide bonds. The largest absolute Gasteiger partial charge is 0.316 e. The molecule has 1 N–H and O–H groups in total. The second-order valence-corrected chi connectivity index (χ2v) is 3.44. The summed E-state index contributed by atoms with van der Waals surface area (Å²) in [4.78, 5) is 0. The highest BCUT2D eigenvalue weighted by Crippen LogP contribution is 2.37. The van der Waals surface area contributed by atoms with Gasteiger partial charge in [-0.15, -0.1) is 12.4 Å². The van der Waals surface area contributed by atoms with E-state index in [1.165, 1.54) is 38.8 Å². The van der Waals surface area contributed by atoms with E-state index in [2.05, 4.69) is 5.32 Å². The molecule has 1 nitrogen and oxygen atoms in total. The Balaban J connectivity index is 0.000000500. The molecule has 1 aliphatic heterocycles. The summed E-state index contributed by atoms with van der Waals surface area (Å²) in [7, 11) is 0. The van der Waals surface area contributed by atoms with E-state index in [4.69, 9.17) is 0 Å². The summed E-state index contributed by atoms with van der Waals surface area (Å²) >= 11 is 0. The molecule has 0 radical (unpaired) electrons. The maximum absolute atomic E-state index is 3.48. The van der Waals surface area contributed by atoms with Crippen LogP contribution in [-0.4, -0.2) is 13.1 Å². The molecule has 0 aromatic heterocycles. The van der Waals surface area contributed by atoms with Gasteiger partial charge in [-0.2, -0.15) is 0 Å². The maximum Gasteiger partial charge on any atom is -0.00179 e.